The molecule has 0 saturated carbocycles. The van der Waals surface area contributed by atoms with E-state index in [1.165, 1.54) is 12.7 Å². The van der Waals surface area contributed by atoms with Gasteiger partial charge < -0.3 is 38.3 Å². The van der Waals surface area contributed by atoms with Crippen molar-refractivity contribution < 1.29 is 71.8 Å². The summed E-state index contributed by atoms with van der Waals surface area (Å²) in [6, 6.07) is 69.6. The Labute approximate surface area is 836 Å². The van der Waals surface area contributed by atoms with E-state index in [0.717, 1.165) is 94.8 Å². The second-order valence-electron chi connectivity index (χ2n) is 31.1. The van der Waals surface area contributed by atoms with Gasteiger partial charge in [-0.2, -0.15) is 0 Å². The second-order valence-corrected chi connectivity index (χ2v) is 31.1. The highest BCUT2D eigenvalue weighted by Crippen LogP contribution is 2.48. The molecular formula is C122H190O15. The minimum Gasteiger partial charge on any atom is -0.482 e. The average molecular weight is 1900 g/mol. The normalized spacial score (nSPS) is 11.6. The molecule has 3 aliphatic rings. The van der Waals surface area contributed by atoms with Crippen molar-refractivity contribution in [2.45, 2.75) is 354 Å². The van der Waals surface area contributed by atoms with Crippen molar-refractivity contribution in [3.63, 3.8) is 0 Å². The summed E-state index contributed by atoms with van der Waals surface area (Å²) in [6.07, 6.45) is 1.02. The molecule has 15 nitrogen and oxygen atoms in total. The molecule has 768 valence electrons. The van der Waals surface area contributed by atoms with Crippen LogP contribution in [-0.2, 0) is 104 Å². The van der Waals surface area contributed by atoms with Gasteiger partial charge in [0.15, 0.2) is 11.6 Å². The summed E-state index contributed by atoms with van der Waals surface area (Å²) in [7, 11) is 1.38. The fourth-order valence-electron chi connectivity index (χ4n) is 13.8. The molecule has 0 saturated heterocycles. The lowest BCUT2D eigenvalue weighted by atomic mass is 9.78. The fraction of sp³-hybridized carbons (Fsp3) is 0.467. The van der Waals surface area contributed by atoms with E-state index in [2.05, 4.69) is 66.2 Å². The number of benzene rings is 9. The first-order chi connectivity index (χ1) is 62.4. The Morgan fingerprint density at radius 2 is 0.708 bits per heavy atom. The third-order valence-corrected chi connectivity index (χ3v) is 19.2. The third kappa shape index (κ3) is 44.4. The molecule has 1 atom stereocenters. The number of hydrogen-bond donors (Lipinski definition) is 1. The van der Waals surface area contributed by atoms with Crippen LogP contribution in [0.3, 0.4) is 0 Å². The molecule has 0 amide bonds. The fourth-order valence-corrected chi connectivity index (χ4v) is 13.8. The Bertz CT molecular complexity index is 4840. The summed E-state index contributed by atoms with van der Waals surface area (Å²) in [4.78, 5) is 85.2. The molecule has 12 rings (SSSR count). The molecule has 2 heterocycles. The largest absolute Gasteiger partial charge is 0.482 e. The van der Waals surface area contributed by atoms with E-state index in [4.69, 9.17) is 28.4 Å². The van der Waals surface area contributed by atoms with E-state index in [9.17, 15) is 38.7 Å². The molecule has 0 fully saturated rings. The van der Waals surface area contributed by atoms with Crippen LogP contribution in [0.15, 0.2) is 218 Å². The Kier molecular flexibility index (Phi) is 79.4. The number of aryl methyl sites for hydroxylation is 3. The molecular weight excluding hydrogens is 1710 g/mol. The predicted octanol–water partition coefficient (Wildman–Crippen LogP) is 33.4. The number of carbonyl (C=O) groups excluding carboxylic acids is 7. The van der Waals surface area contributed by atoms with Crippen molar-refractivity contribution in [3.05, 3.63) is 319 Å². The highest BCUT2D eigenvalue weighted by molar-refractivity contribution is 6.30. The van der Waals surface area contributed by atoms with E-state index in [-0.39, 0.29) is 104 Å². The van der Waals surface area contributed by atoms with Gasteiger partial charge in [0.1, 0.15) is 34.2 Å². The van der Waals surface area contributed by atoms with Crippen LogP contribution in [0, 0.1) is 20.8 Å². The van der Waals surface area contributed by atoms with Gasteiger partial charge >= 0.3 is 29.8 Å². The molecule has 0 spiro atoms. The van der Waals surface area contributed by atoms with E-state index in [0.29, 0.717) is 55.1 Å². The van der Waals surface area contributed by atoms with Gasteiger partial charge in [-0.1, -0.05) is 423 Å². The van der Waals surface area contributed by atoms with Gasteiger partial charge in [0, 0.05) is 34.2 Å². The van der Waals surface area contributed by atoms with Crippen LogP contribution in [-0.4, -0.2) is 80.1 Å². The number of fused-ring (bicyclic) bond motifs is 5. The Morgan fingerprint density at radius 1 is 0.372 bits per heavy atom. The van der Waals surface area contributed by atoms with Crippen molar-refractivity contribution in [1.82, 2.24) is 0 Å². The van der Waals surface area contributed by atoms with Crippen LogP contribution < -0.4 is 0 Å². The molecule has 2 aliphatic heterocycles. The van der Waals surface area contributed by atoms with E-state index < -0.39 is 28.7 Å². The topological polar surface area (TPSA) is 204 Å². The molecule has 15 heteroatoms. The monoisotopic (exact) mass is 1900 g/mol. The van der Waals surface area contributed by atoms with Crippen molar-refractivity contribution in [3.8, 4) is 0 Å². The van der Waals surface area contributed by atoms with Crippen molar-refractivity contribution in [1.29, 1.82) is 0 Å². The summed E-state index contributed by atoms with van der Waals surface area (Å²) in [5, 5.41) is 9.96. The summed E-state index contributed by atoms with van der Waals surface area (Å²) in [6.45, 7) is 74.6. The zero-order valence-corrected chi connectivity index (χ0v) is 87.5. The number of rotatable bonds is 16. The molecule has 1 unspecified atom stereocenters. The van der Waals surface area contributed by atoms with E-state index >= 15 is 0 Å². The molecule has 1 aliphatic carbocycles. The number of methoxy groups -OCH3 is 1. The van der Waals surface area contributed by atoms with Gasteiger partial charge in [0.25, 0.3) is 0 Å². The zero-order valence-electron chi connectivity index (χ0n) is 87.5. The molecule has 0 radical (unpaired) electrons. The van der Waals surface area contributed by atoms with Crippen molar-refractivity contribution in [2.75, 3.05) is 33.5 Å². The number of aliphatic hydroxyl groups is 1. The SMILES string of the molecule is C.C.C.C.C.C.CC.CC.CC.CC.CC.CC.CC.CC.CC.CC1(C)OC2=C(C(=O)Cc3ccccc32)c2ccccc21.CCOC(=O)C(C(=O)c1ccccc1C)c1ccccc1C(C)(C)C.CCOC(=O)C1=C(c2ccccc2C)OC(C)(C)c2ccccc21.CCOC(=O)Cc1ccccc1C(C)(C)C.CCOC(=O)Cc1ccccc1C(C)(C)O.COC(=O)c1ccccc1C. The average Bonchev–Trinajstić information content (AvgIpc) is 0.734. The second kappa shape index (κ2) is 75.8. The Morgan fingerprint density at radius 3 is 1.12 bits per heavy atom. The summed E-state index contributed by atoms with van der Waals surface area (Å²) >= 11 is 0. The number of hydrogen-bond acceptors (Lipinski definition) is 15. The zero-order chi connectivity index (χ0) is 101. The summed E-state index contributed by atoms with van der Waals surface area (Å²) in [5.74, 6) is -1.22. The summed E-state index contributed by atoms with van der Waals surface area (Å²) in [5.41, 5.74) is 15.8. The minimum atomic E-state index is -0.948. The Balaban J connectivity index is -0.000000199. The number of allylic oxidation sites excluding steroid dienone is 1. The third-order valence-electron chi connectivity index (χ3n) is 19.2. The van der Waals surface area contributed by atoms with E-state index in [1.807, 2.05) is 373 Å². The van der Waals surface area contributed by atoms with Gasteiger partial charge in [-0.3, -0.25) is 24.0 Å². The van der Waals surface area contributed by atoms with Crippen LogP contribution in [0.2, 0.25) is 0 Å². The minimum absolute atomic E-state index is 0. The molecule has 137 heavy (non-hydrogen) atoms. The first-order valence-corrected chi connectivity index (χ1v) is 47.6. The Hall–Kier alpha value is -11.3. The molecule has 9 aromatic carbocycles. The van der Waals surface area contributed by atoms with Gasteiger partial charge in [0.2, 0.25) is 0 Å². The number of esters is 5. The van der Waals surface area contributed by atoms with Crippen molar-refractivity contribution >= 4 is 64.1 Å². The maximum atomic E-state index is 13.3. The van der Waals surface area contributed by atoms with Gasteiger partial charge in [-0.15, -0.1) is 0 Å². The van der Waals surface area contributed by atoms with Gasteiger partial charge in [0.05, 0.1) is 63.1 Å². The number of ketones is 2. The lowest BCUT2D eigenvalue weighted by Crippen LogP contribution is -2.31. The van der Waals surface area contributed by atoms with Gasteiger partial charge in [-0.25, -0.2) is 9.59 Å². The lowest BCUT2D eigenvalue weighted by Gasteiger charge is -2.38. The molecule has 9 aromatic rings. The van der Waals surface area contributed by atoms with Crippen LogP contribution in [0.25, 0.3) is 22.7 Å². The maximum absolute atomic E-state index is 13.3. The molecule has 0 bridgehead atoms. The quantitative estimate of drug-likeness (QED) is 0.0413. The predicted molar refractivity (Wildman–Crippen MR) is 590 cm³/mol. The van der Waals surface area contributed by atoms with Crippen molar-refractivity contribution in [2.24, 2.45) is 0 Å². The maximum Gasteiger partial charge on any atom is 0.342 e. The van der Waals surface area contributed by atoms with Crippen LogP contribution in [0.4, 0.5) is 0 Å². The summed E-state index contributed by atoms with van der Waals surface area (Å²) < 4.78 is 37.6. The van der Waals surface area contributed by atoms with Crippen LogP contribution >= 0.6 is 0 Å². The van der Waals surface area contributed by atoms with Gasteiger partial charge in [-0.05, 0) is 174 Å². The number of carbonyl (C=O) groups is 7. The van der Waals surface area contributed by atoms with Crippen LogP contribution in [0.5, 0.6) is 0 Å². The molecule has 0 aromatic heterocycles. The lowest BCUT2D eigenvalue weighted by molar-refractivity contribution is -0.144. The first-order valence-electron chi connectivity index (χ1n) is 47.6. The first kappa shape index (κ1) is 144. The highest BCUT2D eigenvalue weighted by atomic mass is 16.6. The smallest absolute Gasteiger partial charge is 0.342 e. The number of ether oxygens (including phenoxy) is 7. The van der Waals surface area contributed by atoms with Crippen LogP contribution in [0.1, 0.15) is 396 Å². The molecule has 1 N–H and O–H groups in total. The highest BCUT2D eigenvalue weighted by Gasteiger charge is 2.41. The standard InChI is InChI=1S/C22H26O3.C21H22O3.C19H16O2.C14H20O2.C13H18O3.C9H10O2.9C2H6.6CH4/c1-6-25-21(24)19(20(23)16-12-8-7-11-15(16)2)17-13-9-10-14-18(17)22(3,4)5;1-5-23-20(22)18-16-12-8-9-13-17(16)21(3,4)24-19(18)15-11-7-6-10-14(15)2;1-19(2)15-10-6-5-9-14(15)17-16(20)11-12-7-3-4-8-13(12)18(17)21-19;1-5-16-13(15)10-11-8-6-7-9-12(11)14(2,3)4;1-4-16-12(14)9-10-7-5-6-8-11(10)13(2,3)15;1-7-5-3-4-6-8(7)9(10)11-2;9*1-2;;;;;;/h7-14,19H,6H2,1-5H3;6-13H,5H2,1-4H3;3-10H,11H2,1-2H3;6-9H,5,10H2,1-4H3;5-8,15H,4,9H2,1-3H3;3-6H,1-2H3;9*1-2H3;6*1H4. The van der Waals surface area contributed by atoms with E-state index in [1.54, 1.807) is 39.8 Å². The number of Topliss-reactive ketones (excluding diaryl/α,β-unsaturated/α-hetero) is 2.